The van der Waals surface area contributed by atoms with Crippen LogP contribution in [0, 0.1) is 45.8 Å². The monoisotopic (exact) mass is 345 g/mol. The fourth-order valence-electron chi connectivity index (χ4n) is 8.35. The lowest BCUT2D eigenvalue weighted by atomic mass is 9.36. The highest BCUT2D eigenvalue weighted by molar-refractivity contribution is 5.30. The van der Waals surface area contributed by atoms with E-state index in [2.05, 4.69) is 33.8 Å². The van der Waals surface area contributed by atoms with Crippen LogP contribution >= 0.6 is 0 Å². The van der Waals surface area contributed by atoms with E-state index in [1.807, 2.05) is 0 Å². The molecule has 0 radical (unpaired) electrons. The highest BCUT2D eigenvalue weighted by atomic mass is 16.3. The zero-order valence-corrected chi connectivity index (χ0v) is 16.9. The number of aliphatic hydroxyl groups excluding tert-OH is 1. The largest absolute Gasteiger partial charge is 0.396 e. The van der Waals surface area contributed by atoms with E-state index in [4.69, 9.17) is 5.73 Å². The van der Waals surface area contributed by atoms with Gasteiger partial charge in [-0.15, -0.1) is 0 Å². The van der Waals surface area contributed by atoms with E-state index in [1.165, 1.54) is 44.9 Å². The van der Waals surface area contributed by atoms with E-state index in [-0.39, 0.29) is 5.41 Å². The van der Waals surface area contributed by atoms with Crippen LogP contribution in [0.4, 0.5) is 0 Å². The number of fused-ring (bicyclic) bond motifs is 2. The first-order valence-corrected chi connectivity index (χ1v) is 10.8. The van der Waals surface area contributed by atoms with Crippen LogP contribution in [-0.4, -0.2) is 18.3 Å². The second-order valence-electron chi connectivity index (χ2n) is 10.8. The van der Waals surface area contributed by atoms with Gasteiger partial charge in [0.2, 0.25) is 0 Å². The fraction of sp³-hybridized carbons (Fsp3) is 0.913. The molecule has 5 rings (SSSR count). The van der Waals surface area contributed by atoms with Crippen LogP contribution < -0.4 is 5.73 Å². The first kappa shape index (κ1) is 18.0. The van der Waals surface area contributed by atoms with Gasteiger partial charge in [0.1, 0.15) is 0 Å². The topological polar surface area (TPSA) is 46.2 Å². The van der Waals surface area contributed by atoms with Gasteiger partial charge in [-0.05, 0) is 90.9 Å². The first-order valence-electron chi connectivity index (χ1n) is 10.8. The molecule has 3 saturated carbocycles. The summed E-state index contributed by atoms with van der Waals surface area (Å²) in [5.41, 5.74) is 8.94. The quantitative estimate of drug-likeness (QED) is 0.724. The molecule has 142 valence electrons. The highest BCUT2D eigenvalue weighted by Gasteiger charge is 2.65. The fourth-order valence-corrected chi connectivity index (χ4v) is 8.35. The Morgan fingerprint density at radius 3 is 2.56 bits per heavy atom. The van der Waals surface area contributed by atoms with Crippen LogP contribution in [-0.2, 0) is 0 Å². The number of hydrogen-bond acceptors (Lipinski definition) is 2. The van der Waals surface area contributed by atoms with Gasteiger partial charge in [0.25, 0.3) is 0 Å². The molecule has 0 saturated heterocycles. The Morgan fingerprint density at radius 2 is 1.92 bits per heavy atom. The van der Waals surface area contributed by atoms with Crippen molar-refractivity contribution < 1.29 is 5.11 Å². The SMILES string of the molecule is CC(C)C1=CC23CCC4C(C)(CO)CCCC4(C)C2CC1CC3CN. The molecule has 0 amide bonds. The summed E-state index contributed by atoms with van der Waals surface area (Å²) in [6.07, 6.45) is 11.9. The molecule has 0 aliphatic heterocycles. The Hall–Kier alpha value is -0.340. The van der Waals surface area contributed by atoms with Crippen molar-refractivity contribution in [1.82, 2.24) is 0 Å². The number of allylic oxidation sites excluding steroid dienone is 2. The van der Waals surface area contributed by atoms with Gasteiger partial charge >= 0.3 is 0 Å². The summed E-state index contributed by atoms with van der Waals surface area (Å²) >= 11 is 0. The predicted octanol–water partition coefficient (Wildman–Crippen LogP) is 4.77. The van der Waals surface area contributed by atoms with Crippen LogP contribution in [0.3, 0.4) is 0 Å². The summed E-state index contributed by atoms with van der Waals surface area (Å²) in [7, 11) is 0. The Kier molecular flexibility index (Phi) is 4.21. The van der Waals surface area contributed by atoms with Crippen LogP contribution in [0.1, 0.15) is 72.6 Å². The van der Waals surface area contributed by atoms with Gasteiger partial charge in [0.15, 0.2) is 0 Å². The molecule has 7 unspecified atom stereocenters. The Labute approximate surface area is 154 Å². The van der Waals surface area contributed by atoms with Gasteiger partial charge in [-0.25, -0.2) is 0 Å². The second kappa shape index (κ2) is 5.83. The lowest BCUT2D eigenvalue weighted by Gasteiger charge is -2.69. The van der Waals surface area contributed by atoms with E-state index in [1.54, 1.807) is 5.57 Å². The van der Waals surface area contributed by atoms with Gasteiger partial charge in [0, 0.05) is 6.61 Å². The third kappa shape index (κ3) is 2.29. The molecule has 5 aliphatic rings. The minimum atomic E-state index is 0.133. The standard InChI is InChI=1S/C23H39NO/c1-15(2)18-12-23-9-6-19-21(3,14-25)7-5-8-22(19,4)20(23)11-16(18)10-17(23)13-24/h12,15-17,19-20,25H,5-11,13-14,24H2,1-4H3. The van der Waals surface area contributed by atoms with Crippen molar-refractivity contribution >= 4 is 0 Å². The Balaban J connectivity index is 1.79. The van der Waals surface area contributed by atoms with E-state index < -0.39 is 0 Å². The van der Waals surface area contributed by atoms with Crippen molar-refractivity contribution in [3.05, 3.63) is 11.6 Å². The van der Waals surface area contributed by atoms with Gasteiger partial charge in [-0.2, -0.15) is 0 Å². The molecule has 3 N–H and O–H groups in total. The smallest absolute Gasteiger partial charge is 0.0487 e. The molecule has 1 spiro atoms. The molecule has 5 aliphatic carbocycles. The lowest BCUT2D eigenvalue weighted by molar-refractivity contribution is -0.175. The molecule has 2 heteroatoms. The maximum atomic E-state index is 10.2. The van der Waals surface area contributed by atoms with Crippen LogP contribution in [0.25, 0.3) is 0 Å². The van der Waals surface area contributed by atoms with Gasteiger partial charge in [-0.1, -0.05) is 45.8 Å². The molecule has 7 atom stereocenters. The molecule has 0 aromatic carbocycles. The molecule has 0 aromatic heterocycles. The lowest BCUT2D eigenvalue weighted by Crippen LogP contribution is -2.62. The summed E-state index contributed by atoms with van der Waals surface area (Å²) < 4.78 is 0. The molecule has 2 bridgehead atoms. The van der Waals surface area contributed by atoms with Gasteiger partial charge in [-0.3, -0.25) is 0 Å². The zero-order chi connectivity index (χ0) is 18.0. The minimum Gasteiger partial charge on any atom is -0.396 e. The summed E-state index contributed by atoms with van der Waals surface area (Å²) in [5, 5.41) is 10.2. The third-order valence-electron chi connectivity index (χ3n) is 9.48. The van der Waals surface area contributed by atoms with Crippen molar-refractivity contribution in [2.45, 2.75) is 72.6 Å². The van der Waals surface area contributed by atoms with E-state index >= 15 is 0 Å². The van der Waals surface area contributed by atoms with E-state index in [0.717, 1.165) is 18.4 Å². The number of aliphatic hydroxyl groups is 1. The molecule has 2 nitrogen and oxygen atoms in total. The maximum absolute atomic E-state index is 10.2. The average molecular weight is 346 g/mol. The number of rotatable bonds is 3. The predicted molar refractivity (Wildman–Crippen MR) is 104 cm³/mol. The maximum Gasteiger partial charge on any atom is 0.0487 e. The molecule has 25 heavy (non-hydrogen) atoms. The number of hydrogen-bond donors (Lipinski definition) is 2. The summed E-state index contributed by atoms with van der Waals surface area (Å²) in [4.78, 5) is 0. The Bertz CT molecular complexity index is 568. The summed E-state index contributed by atoms with van der Waals surface area (Å²) in [5.74, 6) is 3.58. The van der Waals surface area contributed by atoms with Crippen molar-refractivity contribution in [3.8, 4) is 0 Å². The third-order valence-corrected chi connectivity index (χ3v) is 9.48. The molecular weight excluding hydrogens is 306 g/mol. The number of nitrogens with two attached hydrogens (primary N) is 1. The van der Waals surface area contributed by atoms with Gasteiger partial charge in [0.05, 0.1) is 0 Å². The molecule has 0 aromatic rings. The zero-order valence-electron chi connectivity index (χ0n) is 16.9. The normalized spacial score (nSPS) is 51.9. The van der Waals surface area contributed by atoms with Crippen LogP contribution in [0.5, 0.6) is 0 Å². The van der Waals surface area contributed by atoms with Crippen LogP contribution in [0.2, 0.25) is 0 Å². The second-order valence-corrected chi connectivity index (χ2v) is 10.8. The highest BCUT2D eigenvalue weighted by Crippen LogP contribution is 2.72. The summed E-state index contributed by atoms with van der Waals surface area (Å²) in [6.45, 7) is 10.9. The van der Waals surface area contributed by atoms with E-state index in [9.17, 15) is 5.11 Å². The molecule has 0 heterocycles. The molecule has 3 fully saturated rings. The van der Waals surface area contributed by atoms with E-state index in [0.29, 0.717) is 35.2 Å². The average Bonchev–Trinajstić information content (AvgIpc) is 2.60. The first-order chi connectivity index (χ1) is 11.8. The minimum absolute atomic E-state index is 0.133. The Morgan fingerprint density at radius 1 is 1.16 bits per heavy atom. The molecular formula is C23H39NO. The van der Waals surface area contributed by atoms with Crippen LogP contribution in [0.15, 0.2) is 11.6 Å². The van der Waals surface area contributed by atoms with Gasteiger partial charge < -0.3 is 10.8 Å². The van der Waals surface area contributed by atoms with Crippen molar-refractivity contribution in [2.75, 3.05) is 13.2 Å². The van der Waals surface area contributed by atoms with Crippen molar-refractivity contribution in [2.24, 2.45) is 51.6 Å². The summed E-state index contributed by atoms with van der Waals surface area (Å²) in [6, 6.07) is 0. The van der Waals surface area contributed by atoms with Crippen molar-refractivity contribution in [1.29, 1.82) is 0 Å². The van der Waals surface area contributed by atoms with Crippen molar-refractivity contribution in [3.63, 3.8) is 0 Å².